The molecule has 0 heterocycles. The van der Waals surface area contributed by atoms with Crippen LogP contribution in [0.3, 0.4) is 0 Å². The molecule has 74 valence electrons. The maximum Gasteiger partial charge on any atom is 0.394 e. The third-order valence-corrected chi connectivity index (χ3v) is 2.93. The summed E-state index contributed by atoms with van der Waals surface area (Å²) in [5.41, 5.74) is -1.48. The highest BCUT2D eigenvalue weighted by molar-refractivity contribution is 4.86. The Balaban J connectivity index is 4.83. The van der Waals surface area contributed by atoms with Crippen molar-refractivity contribution in [3.63, 3.8) is 0 Å². The highest BCUT2D eigenvalue weighted by atomic mass is 19.4. The van der Waals surface area contributed by atoms with Crippen molar-refractivity contribution in [2.75, 3.05) is 0 Å². The van der Waals surface area contributed by atoms with Crippen LogP contribution in [-0.2, 0) is 0 Å². The van der Waals surface area contributed by atoms with Gasteiger partial charge < -0.3 is 0 Å². The zero-order valence-corrected chi connectivity index (χ0v) is 8.13. The summed E-state index contributed by atoms with van der Waals surface area (Å²) in [4.78, 5) is 0. The smallest absolute Gasteiger partial charge is 0.170 e. The normalized spacial score (nSPS) is 14.0. The van der Waals surface area contributed by atoms with Crippen LogP contribution in [0.4, 0.5) is 13.2 Å². The maximum absolute atomic E-state index is 12.6. The van der Waals surface area contributed by atoms with E-state index < -0.39 is 11.6 Å². The Hall–Kier alpha value is -0.210. The topological polar surface area (TPSA) is 0 Å². The van der Waals surface area contributed by atoms with Gasteiger partial charge in [0.05, 0.1) is 5.41 Å². The fraction of sp³-hybridized carbons (Fsp3) is 1.00. The molecule has 0 saturated carbocycles. The van der Waals surface area contributed by atoms with Crippen LogP contribution in [0.2, 0.25) is 0 Å². The summed E-state index contributed by atoms with van der Waals surface area (Å²) >= 11 is 0. The lowest BCUT2D eigenvalue weighted by Gasteiger charge is -2.37. The summed E-state index contributed by atoms with van der Waals surface area (Å²) in [6.07, 6.45) is -3.72. The quantitative estimate of drug-likeness (QED) is 0.618. The monoisotopic (exact) mass is 182 g/mol. The molecular formula is C9H17F3. The Morgan fingerprint density at radius 1 is 1.00 bits per heavy atom. The summed E-state index contributed by atoms with van der Waals surface area (Å²) in [5.74, 6) is -0.340. The lowest BCUT2D eigenvalue weighted by atomic mass is 9.72. The van der Waals surface area contributed by atoms with Crippen LogP contribution in [0, 0.1) is 11.3 Å². The van der Waals surface area contributed by atoms with Crippen molar-refractivity contribution in [1.29, 1.82) is 0 Å². The lowest BCUT2D eigenvalue weighted by Crippen LogP contribution is -2.41. The molecule has 0 spiro atoms. The summed E-state index contributed by atoms with van der Waals surface area (Å²) in [7, 11) is 0. The van der Waals surface area contributed by atoms with E-state index in [0.717, 1.165) is 0 Å². The van der Waals surface area contributed by atoms with Crippen LogP contribution >= 0.6 is 0 Å². The second-order valence-electron chi connectivity index (χ2n) is 3.52. The third kappa shape index (κ3) is 1.75. The number of rotatable bonds is 3. The molecule has 0 aromatic heterocycles. The van der Waals surface area contributed by atoms with E-state index in [-0.39, 0.29) is 18.8 Å². The molecule has 0 amide bonds. The average molecular weight is 182 g/mol. The zero-order valence-electron chi connectivity index (χ0n) is 8.13. The molecule has 0 aliphatic heterocycles. The van der Waals surface area contributed by atoms with E-state index in [4.69, 9.17) is 0 Å². The molecule has 0 aliphatic carbocycles. The van der Waals surface area contributed by atoms with Crippen LogP contribution in [0.15, 0.2) is 0 Å². The molecule has 0 saturated heterocycles. The first-order valence-corrected chi connectivity index (χ1v) is 4.38. The molecule has 0 aromatic rings. The molecule has 0 fully saturated rings. The van der Waals surface area contributed by atoms with Crippen molar-refractivity contribution >= 4 is 0 Å². The Kier molecular flexibility index (Phi) is 3.60. The molecule has 0 aliphatic rings. The SMILES string of the molecule is CCC(CC)(C(C)C)C(F)(F)F. The van der Waals surface area contributed by atoms with E-state index in [2.05, 4.69) is 0 Å². The molecule has 0 N–H and O–H groups in total. The number of hydrogen-bond donors (Lipinski definition) is 0. The Labute approximate surface area is 72.2 Å². The van der Waals surface area contributed by atoms with Gasteiger partial charge in [-0.3, -0.25) is 0 Å². The van der Waals surface area contributed by atoms with Gasteiger partial charge in [-0.2, -0.15) is 13.2 Å². The molecule has 12 heavy (non-hydrogen) atoms. The van der Waals surface area contributed by atoms with Gasteiger partial charge in [0.15, 0.2) is 0 Å². The van der Waals surface area contributed by atoms with Gasteiger partial charge in [-0.05, 0) is 18.8 Å². The van der Waals surface area contributed by atoms with Crippen molar-refractivity contribution in [1.82, 2.24) is 0 Å². The van der Waals surface area contributed by atoms with Crippen LogP contribution in [0.25, 0.3) is 0 Å². The summed E-state index contributed by atoms with van der Waals surface area (Å²) in [6, 6.07) is 0. The lowest BCUT2D eigenvalue weighted by molar-refractivity contribution is -0.242. The van der Waals surface area contributed by atoms with Gasteiger partial charge in [-0.25, -0.2) is 0 Å². The molecule has 0 radical (unpaired) electrons. The summed E-state index contributed by atoms with van der Waals surface area (Å²) < 4.78 is 37.9. The van der Waals surface area contributed by atoms with E-state index in [1.807, 2.05) is 0 Å². The summed E-state index contributed by atoms with van der Waals surface area (Å²) in [6.45, 7) is 6.50. The molecule has 3 heteroatoms. The first-order valence-electron chi connectivity index (χ1n) is 4.38. The minimum atomic E-state index is -4.06. The van der Waals surface area contributed by atoms with Gasteiger partial charge in [0.1, 0.15) is 0 Å². The second-order valence-corrected chi connectivity index (χ2v) is 3.52. The van der Waals surface area contributed by atoms with Gasteiger partial charge in [-0.1, -0.05) is 27.7 Å². The van der Waals surface area contributed by atoms with E-state index in [0.29, 0.717) is 0 Å². The van der Waals surface area contributed by atoms with Gasteiger partial charge >= 0.3 is 6.18 Å². The zero-order chi connectivity index (χ0) is 9.99. The highest BCUT2D eigenvalue weighted by Gasteiger charge is 2.53. The maximum atomic E-state index is 12.6. The predicted octanol–water partition coefficient (Wildman–Crippen LogP) is 4.01. The molecule has 0 nitrogen and oxygen atoms in total. The Bertz CT molecular complexity index is 131. The first-order chi connectivity index (χ1) is 5.31. The van der Waals surface area contributed by atoms with E-state index in [1.54, 1.807) is 27.7 Å². The van der Waals surface area contributed by atoms with Crippen molar-refractivity contribution in [3.8, 4) is 0 Å². The highest BCUT2D eigenvalue weighted by Crippen LogP contribution is 2.49. The van der Waals surface area contributed by atoms with Crippen molar-refractivity contribution < 1.29 is 13.2 Å². The van der Waals surface area contributed by atoms with E-state index >= 15 is 0 Å². The van der Waals surface area contributed by atoms with Crippen molar-refractivity contribution in [3.05, 3.63) is 0 Å². The van der Waals surface area contributed by atoms with Gasteiger partial charge in [0.2, 0.25) is 0 Å². The first kappa shape index (κ1) is 11.8. The average Bonchev–Trinajstić information content (AvgIpc) is 1.87. The van der Waals surface area contributed by atoms with Crippen molar-refractivity contribution in [2.24, 2.45) is 11.3 Å². The third-order valence-electron chi connectivity index (χ3n) is 2.93. The van der Waals surface area contributed by atoms with Gasteiger partial charge in [0.25, 0.3) is 0 Å². The second kappa shape index (κ2) is 3.67. The number of alkyl halides is 3. The Morgan fingerprint density at radius 3 is 1.33 bits per heavy atom. The van der Waals surface area contributed by atoms with Crippen LogP contribution in [-0.4, -0.2) is 6.18 Å². The molecule has 0 bridgehead atoms. The largest absolute Gasteiger partial charge is 0.394 e. The molecule has 0 aromatic carbocycles. The fourth-order valence-electron chi connectivity index (χ4n) is 1.79. The van der Waals surface area contributed by atoms with Gasteiger partial charge in [-0.15, -0.1) is 0 Å². The van der Waals surface area contributed by atoms with Gasteiger partial charge in [0, 0.05) is 0 Å². The number of hydrogen-bond acceptors (Lipinski definition) is 0. The summed E-state index contributed by atoms with van der Waals surface area (Å²) in [5, 5.41) is 0. The molecule has 0 unspecified atom stereocenters. The molecule has 0 rings (SSSR count). The van der Waals surface area contributed by atoms with Crippen molar-refractivity contribution in [2.45, 2.75) is 46.7 Å². The fourth-order valence-corrected chi connectivity index (χ4v) is 1.79. The van der Waals surface area contributed by atoms with E-state index in [9.17, 15) is 13.2 Å². The minimum Gasteiger partial charge on any atom is -0.170 e. The molecular weight excluding hydrogens is 165 g/mol. The minimum absolute atomic E-state index is 0.171. The van der Waals surface area contributed by atoms with E-state index in [1.165, 1.54) is 0 Å². The van der Waals surface area contributed by atoms with Crippen LogP contribution in [0.1, 0.15) is 40.5 Å². The standard InChI is InChI=1S/C9H17F3/c1-5-8(6-2,7(3)4)9(10,11)12/h7H,5-6H2,1-4H3. The van der Waals surface area contributed by atoms with Crippen LogP contribution in [0.5, 0.6) is 0 Å². The predicted molar refractivity (Wildman–Crippen MR) is 43.9 cm³/mol. The number of halogens is 3. The Morgan fingerprint density at radius 2 is 1.33 bits per heavy atom. The van der Waals surface area contributed by atoms with Crippen LogP contribution < -0.4 is 0 Å². The molecule has 0 atom stereocenters.